The highest BCUT2D eigenvalue weighted by molar-refractivity contribution is 6.22. The van der Waals surface area contributed by atoms with Crippen LogP contribution in [0.25, 0.3) is 55.2 Å². The van der Waals surface area contributed by atoms with E-state index in [0.29, 0.717) is 11.1 Å². The lowest BCUT2D eigenvalue weighted by atomic mass is 9.81. The van der Waals surface area contributed by atoms with Gasteiger partial charge in [0, 0.05) is 21.9 Å². The predicted octanol–water partition coefficient (Wildman–Crippen LogP) is 9.83. The molecule has 0 aliphatic carbocycles. The van der Waals surface area contributed by atoms with Gasteiger partial charge in [-0.3, -0.25) is 0 Å². The second-order valence-corrected chi connectivity index (χ2v) is 9.72. The standard InChI is InChI=1S/C34H23F3N2/c1-20-10-6-7-13-24(20)30-21(2)29(23-11-4-3-5-12-23)32-26-14-8-9-15-28(26)39-33(32)31(30)25-17-16-22(19-38)18-27(25)34(35,36)37/h3-18,39H,1-2H3. The second-order valence-electron chi connectivity index (χ2n) is 9.72. The van der Waals surface area contributed by atoms with E-state index in [-0.39, 0.29) is 11.1 Å². The fourth-order valence-corrected chi connectivity index (χ4v) is 5.71. The minimum atomic E-state index is -4.66. The highest BCUT2D eigenvalue weighted by atomic mass is 19.4. The van der Waals surface area contributed by atoms with Gasteiger partial charge in [-0.2, -0.15) is 18.4 Å². The molecule has 5 heteroatoms. The Balaban J connectivity index is 1.91. The number of para-hydroxylation sites is 1. The Bertz CT molecular complexity index is 1920. The molecular weight excluding hydrogens is 493 g/mol. The number of nitriles is 1. The Morgan fingerprint density at radius 3 is 2.13 bits per heavy atom. The third-order valence-electron chi connectivity index (χ3n) is 7.41. The molecule has 39 heavy (non-hydrogen) atoms. The Labute approximate surface area is 224 Å². The number of hydrogen-bond acceptors (Lipinski definition) is 1. The van der Waals surface area contributed by atoms with Gasteiger partial charge in [0.2, 0.25) is 0 Å². The fraction of sp³-hybridized carbons (Fsp3) is 0.0882. The molecule has 0 aliphatic heterocycles. The summed E-state index contributed by atoms with van der Waals surface area (Å²) in [6.07, 6.45) is -4.66. The van der Waals surface area contributed by atoms with Crippen molar-refractivity contribution < 1.29 is 13.2 Å². The van der Waals surface area contributed by atoms with E-state index in [1.807, 2.05) is 98.8 Å². The molecule has 0 unspecified atom stereocenters. The number of H-pyrrole nitrogens is 1. The number of aromatic amines is 1. The largest absolute Gasteiger partial charge is 0.417 e. The number of benzene rings is 5. The van der Waals surface area contributed by atoms with Crippen LogP contribution in [-0.4, -0.2) is 4.98 Å². The van der Waals surface area contributed by atoms with Gasteiger partial charge in [0.15, 0.2) is 0 Å². The van der Waals surface area contributed by atoms with Gasteiger partial charge in [-0.05, 0) is 71.0 Å². The molecule has 0 saturated heterocycles. The topological polar surface area (TPSA) is 39.6 Å². The molecular formula is C34H23F3N2. The first-order valence-corrected chi connectivity index (χ1v) is 12.6. The first-order valence-electron chi connectivity index (χ1n) is 12.6. The fourth-order valence-electron chi connectivity index (χ4n) is 5.71. The van der Waals surface area contributed by atoms with Crippen molar-refractivity contribution in [3.63, 3.8) is 0 Å². The van der Waals surface area contributed by atoms with Crippen LogP contribution in [0.4, 0.5) is 13.2 Å². The van der Waals surface area contributed by atoms with Crippen molar-refractivity contribution in [2.75, 3.05) is 0 Å². The SMILES string of the molecule is Cc1ccccc1-c1c(C)c(-c2ccccc2)c2c([nH]c3ccccc32)c1-c1ccc(C#N)cc1C(F)(F)F. The number of halogens is 3. The van der Waals surface area contributed by atoms with Gasteiger partial charge in [-0.25, -0.2) is 0 Å². The molecule has 1 aromatic heterocycles. The summed E-state index contributed by atoms with van der Waals surface area (Å²) < 4.78 is 43.8. The maximum Gasteiger partial charge on any atom is 0.417 e. The number of nitrogens with zero attached hydrogens (tertiary/aromatic N) is 1. The zero-order chi connectivity index (χ0) is 27.3. The van der Waals surface area contributed by atoms with Gasteiger partial charge in [0.1, 0.15) is 0 Å². The molecule has 1 N–H and O–H groups in total. The molecule has 2 nitrogen and oxygen atoms in total. The highest BCUT2D eigenvalue weighted by Gasteiger charge is 2.36. The van der Waals surface area contributed by atoms with Crippen LogP contribution < -0.4 is 0 Å². The van der Waals surface area contributed by atoms with E-state index in [9.17, 15) is 18.4 Å². The van der Waals surface area contributed by atoms with Crippen molar-refractivity contribution in [2.45, 2.75) is 20.0 Å². The highest BCUT2D eigenvalue weighted by Crippen LogP contribution is 2.51. The maximum atomic E-state index is 14.6. The number of hydrogen-bond donors (Lipinski definition) is 1. The van der Waals surface area contributed by atoms with Crippen LogP contribution in [0.1, 0.15) is 22.3 Å². The summed E-state index contributed by atoms with van der Waals surface area (Å²) in [5, 5.41) is 11.2. The predicted molar refractivity (Wildman–Crippen MR) is 151 cm³/mol. The molecule has 0 saturated carbocycles. The van der Waals surface area contributed by atoms with Crippen molar-refractivity contribution in [1.29, 1.82) is 5.26 Å². The van der Waals surface area contributed by atoms with Gasteiger partial charge in [-0.1, -0.05) is 78.9 Å². The van der Waals surface area contributed by atoms with Crippen LogP contribution >= 0.6 is 0 Å². The molecule has 0 atom stereocenters. The van der Waals surface area contributed by atoms with Crippen molar-refractivity contribution in [3.05, 3.63) is 119 Å². The average Bonchev–Trinajstić information content (AvgIpc) is 3.31. The summed E-state index contributed by atoms with van der Waals surface area (Å²) in [5.74, 6) is 0. The number of alkyl halides is 3. The molecule has 0 radical (unpaired) electrons. The minimum Gasteiger partial charge on any atom is -0.354 e. The molecule has 6 rings (SSSR count). The lowest BCUT2D eigenvalue weighted by Gasteiger charge is -2.23. The van der Waals surface area contributed by atoms with Gasteiger partial charge in [0.05, 0.1) is 22.7 Å². The Hall–Kier alpha value is -4.82. The lowest BCUT2D eigenvalue weighted by molar-refractivity contribution is -0.137. The van der Waals surface area contributed by atoms with Crippen LogP contribution in [0, 0.1) is 25.2 Å². The number of aryl methyl sites for hydroxylation is 1. The van der Waals surface area contributed by atoms with Gasteiger partial charge in [-0.15, -0.1) is 0 Å². The second kappa shape index (κ2) is 9.18. The smallest absolute Gasteiger partial charge is 0.354 e. The quantitative estimate of drug-likeness (QED) is 0.250. The molecule has 6 aromatic rings. The van der Waals surface area contributed by atoms with Crippen molar-refractivity contribution in [2.24, 2.45) is 0 Å². The number of aromatic nitrogens is 1. The van der Waals surface area contributed by atoms with Gasteiger partial charge < -0.3 is 4.98 Å². The molecule has 0 fully saturated rings. The molecule has 0 aliphatic rings. The average molecular weight is 517 g/mol. The summed E-state index contributed by atoms with van der Waals surface area (Å²) in [6.45, 7) is 3.96. The van der Waals surface area contributed by atoms with E-state index in [1.165, 1.54) is 12.1 Å². The summed E-state index contributed by atoms with van der Waals surface area (Å²) in [4.78, 5) is 3.49. The zero-order valence-electron chi connectivity index (χ0n) is 21.3. The van der Waals surface area contributed by atoms with Crippen LogP contribution in [0.2, 0.25) is 0 Å². The van der Waals surface area contributed by atoms with Gasteiger partial charge in [0.25, 0.3) is 0 Å². The Kier molecular flexibility index (Phi) is 5.77. The van der Waals surface area contributed by atoms with Crippen molar-refractivity contribution in [3.8, 4) is 39.4 Å². The van der Waals surface area contributed by atoms with E-state index in [4.69, 9.17) is 0 Å². The summed E-state index contributed by atoms with van der Waals surface area (Å²) in [5.41, 5.74) is 6.54. The summed E-state index contributed by atoms with van der Waals surface area (Å²) in [7, 11) is 0. The molecule has 0 spiro atoms. The zero-order valence-corrected chi connectivity index (χ0v) is 21.3. The minimum absolute atomic E-state index is 0.0333. The van der Waals surface area contributed by atoms with E-state index in [0.717, 1.165) is 55.7 Å². The summed E-state index contributed by atoms with van der Waals surface area (Å²) in [6, 6.07) is 31.2. The van der Waals surface area contributed by atoms with E-state index >= 15 is 0 Å². The normalized spacial score (nSPS) is 11.7. The first-order chi connectivity index (χ1) is 18.8. The molecule has 5 aromatic carbocycles. The first kappa shape index (κ1) is 24.5. The van der Waals surface area contributed by atoms with E-state index in [2.05, 4.69) is 4.98 Å². The van der Waals surface area contributed by atoms with Crippen molar-refractivity contribution >= 4 is 21.8 Å². The third kappa shape index (κ3) is 3.97. The molecule has 1 heterocycles. The van der Waals surface area contributed by atoms with Crippen LogP contribution in [0.5, 0.6) is 0 Å². The lowest BCUT2D eigenvalue weighted by Crippen LogP contribution is -2.09. The molecule has 190 valence electrons. The van der Waals surface area contributed by atoms with Crippen LogP contribution in [0.15, 0.2) is 97.1 Å². The maximum absolute atomic E-state index is 14.6. The van der Waals surface area contributed by atoms with Crippen LogP contribution in [0.3, 0.4) is 0 Å². The van der Waals surface area contributed by atoms with Crippen LogP contribution in [-0.2, 0) is 6.18 Å². The van der Waals surface area contributed by atoms with E-state index < -0.39 is 11.7 Å². The number of rotatable bonds is 3. The molecule has 0 bridgehead atoms. The number of fused-ring (bicyclic) bond motifs is 3. The van der Waals surface area contributed by atoms with E-state index in [1.54, 1.807) is 0 Å². The third-order valence-corrected chi connectivity index (χ3v) is 7.41. The Morgan fingerprint density at radius 1 is 0.718 bits per heavy atom. The monoisotopic (exact) mass is 516 g/mol. The number of nitrogens with one attached hydrogen (secondary N) is 1. The van der Waals surface area contributed by atoms with Gasteiger partial charge >= 0.3 is 6.18 Å². The molecule has 0 amide bonds. The Morgan fingerprint density at radius 2 is 1.41 bits per heavy atom. The summed E-state index contributed by atoms with van der Waals surface area (Å²) >= 11 is 0. The van der Waals surface area contributed by atoms with Crippen molar-refractivity contribution in [1.82, 2.24) is 4.98 Å².